The molecule has 0 aliphatic carbocycles. The molecule has 0 saturated heterocycles. The fraction of sp³-hybridized carbons (Fsp3) is 0.133. The van der Waals surface area contributed by atoms with Crippen LogP contribution in [0.3, 0.4) is 0 Å². The van der Waals surface area contributed by atoms with Crippen LogP contribution >= 0.6 is 0 Å². The largest absolute Gasteiger partial charge is 0.369 e. The van der Waals surface area contributed by atoms with Crippen molar-refractivity contribution in [1.29, 1.82) is 0 Å². The van der Waals surface area contributed by atoms with Crippen molar-refractivity contribution in [2.45, 2.75) is 12.8 Å². The fourth-order valence-corrected chi connectivity index (χ4v) is 2.30. The van der Waals surface area contributed by atoms with Gasteiger partial charge in [-0.2, -0.15) is 0 Å². The maximum Gasteiger partial charge on any atom is 0.256 e. The summed E-state index contributed by atoms with van der Waals surface area (Å²) < 4.78 is 12.8. The number of rotatable bonds is 2. The van der Waals surface area contributed by atoms with Crippen molar-refractivity contribution >= 4 is 5.91 Å². The highest BCUT2D eigenvalue weighted by Crippen LogP contribution is 2.32. The molecule has 0 unspecified atom stereocenters. The van der Waals surface area contributed by atoms with Gasteiger partial charge < -0.3 is 10.0 Å². The monoisotopic (exact) mass is 257 g/mol. The lowest BCUT2D eigenvalue weighted by atomic mass is 10.1. The Kier molecular flexibility index (Phi) is 2.80. The predicted molar refractivity (Wildman–Crippen MR) is 67.7 cm³/mol. The van der Waals surface area contributed by atoms with Crippen LogP contribution in [0.4, 0.5) is 4.39 Å². The number of carbonyl (C=O) groups is 1. The van der Waals surface area contributed by atoms with E-state index in [0.29, 0.717) is 11.1 Å². The summed E-state index contributed by atoms with van der Waals surface area (Å²) in [4.78, 5) is 13.5. The lowest BCUT2D eigenvalue weighted by Crippen LogP contribution is -2.27. The molecule has 0 bridgehead atoms. The van der Waals surface area contributed by atoms with E-state index in [-0.39, 0.29) is 18.3 Å². The minimum absolute atomic E-state index is 0.201. The van der Waals surface area contributed by atoms with Gasteiger partial charge in [0.1, 0.15) is 5.82 Å². The summed E-state index contributed by atoms with van der Waals surface area (Å²) in [5, 5.41) is 10.2. The molecule has 3 nitrogen and oxygen atoms in total. The van der Waals surface area contributed by atoms with Crippen LogP contribution in [0.1, 0.15) is 27.7 Å². The highest BCUT2D eigenvalue weighted by molar-refractivity contribution is 5.98. The first-order valence-corrected chi connectivity index (χ1v) is 5.99. The van der Waals surface area contributed by atoms with Gasteiger partial charge in [-0.15, -0.1) is 0 Å². The number of halogens is 1. The molecule has 0 saturated carbocycles. The first-order valence-electron chi connectivity index (χ1n) is 5.99. The van der Waals surface area contributed by atoms with Gasteiger partial charge in [-0.05, 0) is 23.8 Å². The molecule has 1 amide bonds. The lowest BCUT2D eigenvalue weighted by molar-refractivity contribution is 0.0137. The SMILES string of the molecule is O=C1c2ccccc2[C@@H](O)N1Cc1ccc(F)cc1. The average molecular weight is 257 g/mol. The van der Waals surface area contributed by atoms with Crippen LogP contribution in [0.15, 0.2) is 48.5 Å². The second kappa shape index (κ2) is 4.48. The minimum atomic E-state index is -0.936. The van der Waals surface area contributed by atoms with Crippen molar-refractivity contribution in [3.8, 4) is 0 Å². The zero-order valence-electron chi connectivity index (χ0n) is 10.1. The predicted octanol–water partition coefficient (Wildman–Crippen LogP) is 2.47. The second-order valence-corrected chi connectivity index (χ2v) is 4.52. The molecule has 1 aliphatic rings. The van der Waals surface area contributed by atoms with Gasteiger partial charge in [-0.1, -0.05) is 30.3 Å². The van der Waals surface area contributed by atoms with E-state index in [0.717, 1.165) is 5.56 Å². The van der Waals surface area contributed by atoms with Crippen LogP contribution < -0.4 is 0 Å². The quantitative estimate of drug-likeness (QED) is 0.897. The Bertz CT molecular complexity index is 624. The third kappa shape index (κ3) is 2.00. The molecule has 0 radical (unpaired) electrons. The molecule has 1 heterocycles. The van der Waals surface area contributed by atoms with Crippen LogP contribution in [0.25, 0.3) is 0 Å². The molecular formula is C15H12FNO2. The third-order valence-electron chi connectivity index (χ3n) is 3.29. The van der Waals surface area contributed by atoms with Gasteiger partial charge in [-0.25, -0.2) is 4.39 Å². The number of fused-ring (bicyclic) bond motifs is 1. The molecule has 2 aromatic carbocycles. The summed E-state index contributed by atoms with van der Waals surface area (Å²) in [7, 11) is 0. The number of hydrogen-bond acceptors (Lipinski definition) is 2. The molecule has 0 fully saturated rings. The number of benzene rings is 2. The van der Waals surface area contributed by atoms with Gasteiger partial charge in [0.2, 0.25) is 0 Å². The molecule has 1 aliphatic heterocycles. The van der Waals surface area contributed by atoms with Crippen molar-refractivity contribution in [3.63, 3.8) is 0 Å². The van der Waals surface area contributed by atoms with Crippen molar-refractivity contribution in [2.75, 3.05) is 0 Å². The van der Waals surface area contributed by atoms with Crippen molar-refractivity contribution < 1.29 is 14.3 Å². The Morgan fingerprint density at radius 3 is 2.47 bits per heavy atom. The zero-order valence-corrected chi connectivity index (χ0v) is 10.1. The number of amides is 1. The van der Waals surface area contributed by atoms with E-state index >= 15 is 0 Å². The van der Waals surface area contributed by atoms with Crippen LogP contribution in [-0.4, -0.2) is 15.9 Å². The van der Waals surface area contributed by atoms with E-state index in [1.54, 1.807) is 36.4 Å². The van der Waals surface area contributed by atoms with Crippen LogP contribution in [0.5, 0.6) is 0 Å². The Labute approximate surface area is 109 Å². The van der Waals surface area contributed by atoms with Crippen LogP contribution in [0.2, 0.25) is 0 Å². The number of aliphatic hydroxyl groups excluding tert-OH is 1. The Morgan fingerprint density at radius 1 is 1.11 bits per heavy atom. The highest BCUT2D eigenvalue weighted by Gasteiger charge is 2.34. The molecule has 96 valence electrons. The Hall–Kier alpha value is -2.20. The first-order chi connectivity index (χ1) is 9.16. The summed E-state index contributed by atoms with van der Waals surface area (Å²) in [5.74, 6) is -0.521. The van der Waals surface area contributed by atoms with Crippen molar-refractivity contribution in [3.05, 3.63) is 71.0 Å². The molecular weight excluding hydrogens is 245 g/mol. The smallest absolute Gasteiger partial charge is 0.256 e. The fourth-order valence-electron chi connectivity index (χ4n) is 2.30. The maximum absolute atomic E-state index is 12.8. The van der Waals surface area contributed by atoms with E-state index in [9.17, 15) is 14.3 Å². The summed E-state index contributed by atoms with van der Waals surface area (Å²) in [6, 6.07) is 12.9. The molecule has 0 aromatic heterocycles. The minimum Gasteiger partial charge on any atom is -0.369 e. The zero-order chi connectivity index (χ0) is 13.4. The highest BCUT2D eigenvalue weighted by atomic mass is 19.1. The summed E-state index contributed by atoms with van der Waals surface area (Å²) in [6.45, 7) is 0.259. The van der Waals surface area contributed by atoms with E-state index < -0.39 is 6.23 Å². The van der Waals surface area contributed by atoms with E-state index in [4.69, 9.17) is 0 Å². The van der Waals surface area contributed by atoms with Crippen LogP contribution in [0, 0.1) is 5.82 Å². The van der Waals surface area contributed by atoms with Gasteiger partial charge in [0.25, 0.3) is 5.91 Å². The van der Waals surface area contributed by atoms with Crippen molar-refractivity contribution in [2.24, 2.45) is 0 Å². The Morgan fingerprint density at radius 2 is 1.79 bits per heavy atom. The van der Waals surface area contributed by atoms with Gasteiger partial charge in [0.15, 0.2) is 6.23 Å². The number of hydrogen-bond donors (Lipinski definition) is 1. The number of carbonyl (C=O) groups excluding carboxylic acids is 1. The van der Waals surface area contributed by atoms with Crippen LogP contribution in [-0.2, 0) is 6.54 Å². The molecule has 1 atom stereocenters. The molecule has 0 spiro atoms. The lowest BCUT2D eigenvalue weighted by Gasteiger charge is -2.20. The third-order valence-corrected chi connectivity index (χ3v) is 3.29. The summed E-state index contributed by atoms with van der Waals surface area (Å²) >= 11 is 0. The van der Waals surface area contributed by atoms with Gasteiger partial charge in [-0.3, -0.25) is 4.79 Å². The number of nitrogens with zero attached hydrogens (tertiary/aromatic N) is 1. The summed E-state index contributed by atoms with van der Waals surface area (Å²) in [5.41, 5.74) is 1.92. The average Bonchev–Trinajstić information content (AvgIpc) is 2.67. The van der Waals surface area contributed by atoms with E-state index in [1.807, 2.05) is 0 Å². The standard InChI is InChI=1S/C15H12FNO2/c16-11-7-5-10(6-8-11)9-17-14(18)12-3-1-2-4-13(12)15(17)19/h1-8,14,18H,9H2/t14-/m1/s1. The maximum atomic E-state index is 12.8. The topological polar surface area (TPSA) is 40.5 Å². The van der Waals surface area contributed by atoms with Gasteiger partial charge in [0, 0.05) is 17.7 Å². The number of aliphatic hydroxyl groups is 1. The van der Waals surface area contributed by atoms with E-state index in [1.165, 1.54) is 17.0 Å². The molecule has 1 N–H and O–H groups in total. The first kappa shape index (κ1) is 11.9. The second-order valence-electron chi connectivity index (χ2n) is 4.52. The summed E-state index contributed by atoms with van der Waals surface area (Å²) in [6.07, 6.45) is -0.936. The molecule has 4 heteroatoms. The molecule has 2 aromatic rings. The van der Waals surface area contributed by atoms with Crippen molar-refractivity contribution in [1.82, 2.24) is 4.90 Å². The van der Waals surface area contributed by atoms with Gasteiger partial charge >= 0.3 is 0 Å². The Balaban J connectivity index is 1.88. The van der Waals surface area contributed by atoms with E-state index in [2.05, 4.69) is 0 Å². The molecule has 3 rings (SSSR count). The normalized spacial score (nSPS) is 17.7. The van der Waals surface area contributed by atoms with Gasteiger partial charge in [0.05, 0.1) is 0 Å². The molecule has 19 heavy (non-hydrogen) atoms.